The Morgan fingerprint density at radius 1 is 1.23 bits per heavy atom. The van der Waals surface area contributed by atoms with Crippen LogP contribution < -0.4 is 10.6 Å². The highest BCUT2D eigenvalue weighted by atomic mass is 127. The quantitative estimate of drug-likeness (QED) is 0.355. The van der Waals surface area contributed by atoms with E-state index < -0.39 is 0 Å². The minimum absolute atomic E-state index is 0. The number of benzene rings is 1. The van der Waals surface area contributed by atoms with Gasteiger partial charge in [0.2, 0.25) is 0 Å². The van der Waals surface area contributed by atoms with Gasteiger partial charge in [-0.25, -0.2) is 9.37 Å². The molecule has 0 bridgehead atoms. The molecule has 2 N–H and O–H groups in total. The average Bonchev–Trinajstić information content (AvgIpc) is 2.91. The SMILES string of the molecule is CN=C(NCCN(C)Cc1ccc(F)cc1)NCc1nc(C)c(C)s1.I. The van der Waals surface area contributed by atoms with E-state index in [2.05, 4.69) is 32.4 Å². The lowest BCUT2D eigenvalue weighted by molar-refractivity contribution is 0.331. The summed E-state index contributed by atoms with van der Waals surface area (Å²) in [6, 6.07) is 6.62. The monoisotopic (exact) mass is 491 g/mol. The summed E-state index contributed by atoms with van der Waals surface area (Å²) in [5, 5.41) is 7.64. The summed E-state index contributed by atoms with van der Waals surface area (Å²) >= 11 is 1.71. The third-order valence-corrected chi connectivity index (χ3v) is 4.93. The van der Waals surface area contributed by atoms with Gasteiger partial charge in [-0.1, -0.05) is 12.1 Å². The maximum Gasteiger partial charge on any atom is 0.191 e. The Balaban J connectivity index is 0.00000338. The van der Waals surface area contributed by atoms with Gasteiger partial charge in [-0.05, 0) is 38.6 Å². The Morgan fingerprint density at radius 3 is 2.50 bits per heavy atom. The molecule has 0 fully saturated rings. The van der Waals surface area contributed by atoms with Crippen LogP contribution in [-0.4, -0.2) is 43.0 Å². The van der Waals surface area contributed by atoms with Crippen LogP contribution in [0.15, 0.2) is 29.3 Å². The number of aromatic nitrogens is 1. The molecular formula is C18H27FIN5S. The van der Waals surface area contributed by atoms with Crippen LogP contribution >= 0.6 is 35.3 Å². The van der Waals surface area contributed by atoms with E-state index in [0.29, 0.717) is 6.54 Å². The van der Waals surface area contributed by atoms with E-state index in [1.807, 2.05) is 26.1 Å². The van der Waals surface area contributed by atoms with Crippen molar-refractivity contribution in [1.82, 2.24) is 20.5 Å². The van der Waals surface area contributed by atoms with E-state index in [1.54, 1.807) is 18.4 Å². The number of rotatable bonds is 7. The molecule has 2 aromatic rings. The normalized spacial score (nSPS) is 11.4. The predicted molar refractivity (Wildman–Crippen MR) is 118 cm³/mol. The van der Waals surface area contributed by atoms with Crippen molar-refractivity contribution in [3.8, 4) is 0 Å². The number of thiazole rings is 1. The average molecular weight is 491 g/mol. The standard InChI is InChI=1S/C18H26FN5S.HI/c1-13-14(2)25-17(23-13)11-22-18(20-3)21-9-10-24(4)12-15-5-7-16(19)8-6-15;/h5-8H,9-12H2,1-4H3,(H2,20,21,22);1H. The number of aliphatic imine (C=N–C) groups is 1. The molecule has 144 valence electrons. The smallest absolute Gasteiger partial charge is 0.191 e. The molecule has 1 aromatic carbocycles. The second-order valence-electron chi connectivity index (χ2n) is 5.97. The predicted octanol–water partition coefficient (Wildman–Crippen LogP) is 3.31. The first-order valence-corrected chi connectivity index (χ1v) is 9.10. The maximum absolute atomic E-state index is 12.9. The van der Waals surface area contributed by atoms with Crippen molar-refractivity contribution >= 4 is 41.3 Å². The number of hydrogen-bond acceptors (Lipinski definition) is 4. The molecule has 0 atom stereocenters. The maximum atomic E-state index is 12.9. The van der Waals surface area contributed by atoms with Crippen LogP contribution in [-0.2, 0) is 13.1 Å². The van der Waals surface area contributed by atoms with Crippen LogP contribution in [0.1, 0.15) is 21.1 Å². The Hall–Kier alpha value is -1.26. The van der Waals surface area contributed by atoms with Crippen LogP contribution in [0.5, 0.6) is 0 Å². The third kappa shape index (κ3) is 7.55. The van der Waals surface area contributed by atoms with Crippen LogP contribution in [0.3, 0.4) is 0 Å². The molecule has 0 aliphatic heterocycles. The first-order chi connectivity index (χ1) is 12.0. The molecule has 2 rings (SSSR count). The molecule has 0 saturated carbocycles. The van der Waals surface area contributed by atoms with Gasteiger partial charge in [0, 0.05) is 31.6 Å². The van der Waals surface area contributed by atoms with Crippen molar-refractivity contribution in [2.45, 2.75) is 26.9 Å². The van der Waals surface area contributed by atoms with Crippen molar-refractivity contribution in [3.05, 3.63) is 51.2 Å². The lowest BCUT2D eigenvalue weighted by Crippen LogP contribution is -2.40. The first kappa shape index (κ1) is 22.8. The molecule has 1 heterocycles. The summed E-state index contributed by atoms with van der Waals surface area (Å²) in [7, 11) is 3.80. The van der Waals surface area contributed by atoms with Crippen LogP contribution in [0.25, 0.3) is 0 Å². The van der Waals surface area contributed by atoms with Gasteiger partial charge in [-0.3, -0.25) is 4.99 Å². The van der Waals surface area contributed by atoms with E-state index in [-0.39, 0.29) is 29.8 Å². The second kappa shape index (κ2) is 11.5. The van der Waals surface area contributed by atoms with Gasteiger partial charge < -0.3 is 15.5 Å². The lowest BCUT2D eigenvalue weighted by atomic mass is 10.2. The van der Waals surface area contributed by atoms with Crippen molar-refractivity contribution in [3.63, 3.8) is 0 Å². The van der Waals surface area contributed by atoms with Gasteiger partial charge in [0.15, 0.2) is 5.96 Å². The van der Waals surface area contributed by atoms with Crippen molar-refractivity contribution < 1.29 is 4.39 Å². The van der Waals surface area contributed by atoms with Gasteiger partial charge >= 0.3 is 0 Å². The minimum Gasteiger partial charge on any atom is -0.355 e. The Bertz CT molecular complexity index is 683. The summed E-state index contributed by atoms with van der Waals surface area (Å²) in [6.45, 7) is 7.19. The van der Waals surface area contributed by atoms with Crippen LogP contribution in [0.2, 0.25) is 0 Å². The Morgan fingerprint density at radius 2 is 1.92 bits per heavy atom. The summed E-state index contributed by atoms with van der Waals surface area (Å²) in [4.78, 5) is 12.2. The number of aryl methyl sites for hydroxylation is 2. The zero-order chi connectivity index (χ0) is 18.2. The van der Waals surface area contributed by atoms with Gasteiger partial charge in [0.1, 0.15) is 10.8 Å². The summed E-state index contributed by atoms with van der Waals surface area (Å²) in [5.74, 6) is 0.564. The van der Waals surface area contributed by atoms with Gasteiger partial charge in [0.05, 0.1) is 12.2 Å². The summed E-state index contributed by atoms with van der Waals surface area (Å²) in [5.41, 5.74) is 2.19. The van der Waals surface area contributed by atoms with Gasteiger partial charge in [0.25, 0.3) is 0 Å². The molecule has 0 spiro atoms. The van der Waals surface area contributed by atoms with E-state index in [4.69, 9.17) is 0 Å². The molecule has 0 aliphatic carbocycles. The van der Waals surface area contributed by atoms with Gasteiger partial charge in [-0.2, -0.15) is 0 Å². The lowest BCUT2D eigenvalue weighted by Gasteiger charge is -2.18. The van der Waals surface area contributed by atoms with Crippen LogP contribution in [0, 0.1) is 19.7 Å². The Kier molecular flexibility index (Phi) is 10.0. The van der Waals surface area contributed by atoms with E-state index >= 15 is 0 Å². The molecule has 1 aromatic heterocycles. The molecule has 0 radical (unpaired) electrons. The van der Waals surface area contributed by atoms with E-state index in [1.165, 1.54) is 17.0 Å². The Labute approximate surface area is 176 Å². The van der Waals surface area contributed by atoms with Crippen molar-refractivity contribution in [2.24, 2.45) is 4.99 Å². The highest BCUT2D eigenvalue weighted by molar-refractivity contribution is 14.0. The number of halogens is 2. The molecule has 26 heavy (non-hydrogen) atoms. The fourth-order valence-electron chi connectivity index (χ4n) is 2.34. The van der Waals surface area contributed by atoms with Crippen molar-refractivity contribution in [1.29, 1.82) is 0 Å². The molecule has 0 saturated heterocycles. The largest absolute Gasteiger partial charge is 0.355 e. The first-order valence-electron chi connectivity index (χ1n) is 8.28. The molecule has 8 heteroatoms. The number of nitrogens with zero attached hydrogens (tertiary/aromatic N) is 3. The highest BCUT2D eigenvalue weighted by Crippen LogP contribution is 2.15. The van der Waals surface area contributed by atoms with E-state index in [0.717, 1.165) is 41.9 Å². The number of hydrogen-bond donors (Lipinski definition) is 2. The number of nitrogens with one attached hydrogen (secondary N) is 2. The zero-order valence-electron chi connectivity index (χ0n) is 15.7. The van der Waals surface area contributed by atoms with Crippen LogP contribution in [0.4, 0.5) is 4.39 Å². The zero-order valence-corrected chi connectivity index (χ0v) is 18.8. The number of likely N-dealkylation sites (N-methyl/N-ethyl adjacent to an activating group) is 1. The summed E-state index contributed by atoms with van der Waals surface area (Å²) < 4.78 is 12.9. The fourth-order valence-corrected chi connectivity index (χ4v) is 3.21. The minimum atomic E-state index is -0.200. The topological polar surface area (TPSA) is 52.6 Å². The fraction of sp³-hybridized carbons (Fsp3) is 0.444. The second-order valence-corrected chi connectivity index (χ2v) is 7.25. The molecule has 0 amide bonds. The summed E-state index contributed by atoms with van der Waals surface area (Å²) in [6.07, 6.45) is 0. The van der Waals surface area contributed by atoms with E-state index in [9.17, 15) is 4.39 Å². The molecule has 0 aliphatic rings. The van der Waals surface area contributed by atoms with Gasteiger partial charge in [-0.15, -0.1) is 35.3 Å². The molecular weight excluding hydrogens is 464 g/mol. The number of guanidine groups is 1. The highest BCUT2D eigenvalue weighted by Gasteiger charge is 2.05. The molecule has 5 nitrogen and oxygen atoms in total. The molecule has 0 unspecified atom stereocenters. The van der Waals surface area contributed by atoms with Crippen molar-refractivity contribution in [2.75, 3.05) is 27.2 Å². The third-order valence-electron chi connectivity index (χ3n) is 3.86.